The van der Waals surface area contributed by atoms with Gasteiger partial charge in [0.1, 0.15) is 23.3 Å². The van der Waals surface area contributed by atoms with E-state index in [4.69, 9.17) is 5.26 Å². The Balaban J connectivity index is 1.88. The topological polar surface area (TPSA) is 27.0 Å². The fourth-order valence-electron chi connectivity index (χ4n) is 2.88. The molecule has 1 aromatic rings. The molecule has 1 saturated carbocycles. The van der Waals surface area contributed by atoms with E-state index in [0.29, 0.717) is 17.5 Å². The minimum Gasteiger partial charge on any atom is -0.371 e. The number of benzene rings is 1. The molecule has 0 spiro atoms. The summed E-state index contributed by atoms with van der Waals surface area (Å²) >= 11 is 0. The average Bonchev–Trinajstić information content (AvgIpc) is 2.76. The lowest BCUT2D eigenvalue weighted by Crippen LogP contribution is -2.23. The van der Waals surface area contributed by atoms with Crippen molar-refractivity contribution in [2.45, 2.75) is 6.92 Å². The number of hydrogen-bond donors (Lipinski definition) is 0. The van der Waals surface area contributed by atoms with E-state index in [1.165, 1.54) is 18.2 Å². The Hall–Kier alpha value is -1.63. The average molecular weight is 234 g/mol. The maximum atomic E-state index is 13.5. The summed E-state index contributed by atoms with van der Waals surface area (Å²) in [6.07, 6.45) is 0. The molecule has 2 aliphatic rings. The molecule has 1 aliphatic heterocycles. The molecule has 4 heteroatoms. The number of nitriles is 1. The lowest BCUT2D eigenvalue weighted by atomic mass is 10.1. The van der Waals surface area contributed by atoms with Gasteiger partial charge >= 0.3 is 0 Å². The van der Waals surface area contributed by atoms with Crippen LogP contribution in [0.3, 0.4) is 0 Å². The number of halogens is 2. The molecule has 88 valence electrons. The monoisotopic (exact) mass is 234 g/mol. The van der Waals surface area contributed by atoms with Crippen LogP contribution in [0.4, 0.5) is 14.5 Å². The Bertz CT molecular complexity index is 486. The smallest absolute Gasteiger partial charge is 0.146 e. The first-order chi connectivity index (χ1) is 8.11. The van der Waals surface area contributed by atoms with Gasteiger partial charge in [0.25, 0.3) is 0 Å². The molecule has 0 bridgehead atoms. The summed E-state index contributed by atoms with van der Waals surface area (Å²) in [5, 5.41) is 8.60. The van der Waals surface area contributed by atoms with Crippen LogP contribution in [0.2, 0.25) is 0 Å². The normalized spacial score (nSPS) is 30.0. The predicted molar refractivity (Wildman–Crippen MR) is 59.4 cm³/mol. The van der Waals surface area contributed by atoms with Gasteiger partial charge in [-0.3, -0.25) is 0 Å². The van der Waals surface area contributed by atoms with Gasteiger partial charge in [-0.15, -0.1) is 0 Å². The van der Waals surface area contributed by atoms with Crippen LogP contribution in [0.5, 0.6) is 0 Å². The number of anilines is 1. The Kier molecular flexibility index (Phi) is 2.12. The van der Waals surface area contributed by atoms with Crippen LogP contribution in [0.15, 0.2) is 12.1 Å². The second-order valence-corrected chi connectivity index (χ2v) is 4.99. The van der Waals surface area contributed by atoms with E-state index in [9.17, 15) is 8.78 Å². The van der Waals surface area contributed by atoms with Gasteiger partial charge in [-0.2, -0.15) is 5.26 Å². The molecule has 2 atom stereocenters. The first kappa shape index (κ1) is 10.5. The molecular formula is C13H12F2N2. The lowest BCUT2D eigenvalue weighted by Gasteiger charge is -2.21. The SMILES string of the molecule is CC1C2CN(c3cc(F)c(C#N)c(F)c3)CC12. The summed E-state index contributed by atoms with van der Waals surface area (Å²) in [6.45, 7) is 3.96. The molecule has 1 heterocycles. The van der Waals surface area contributed by atoms with Crippen molar-refractivity contribution in [1.82, 2.24) is 0 Å². The Morgan fingerprint density at radius 3 is 2.24 bits per heavy atom. The minimum atomic E-state index is -0.767. The van der Waals surface area contributed by atoms with Crippen molar-refractivity contribution in [1.29, 1.82) is 5.26 Å². The van der Waals surface area contributed by atoms with Gasteiger partial charge in [-0.05, 0) is 29.9 Å². The lowest BCUT2D eigenvalue weighted by molar-refractivity contribution is 0.574. The number of rotatable bonds is 1. The zero-order valence-electron chi connectivity index (χ0n) is 9.45. The van der Waals surface area contributed by atoms with E-state index < -0.39 is 17.2 Å². The van der Waals surface area contributed by atoms with E-state index in [1.54, 1.807) is 0 Å². The van der Waals surface area contributed by atoms with Crippen molar-refractivity contribution in [3.8, 4) is 6.07 Å². The quantitative estimate of drug-likeness (QED) is 0.746. The van der Waals surface area contributed by atoms with Gasteiger partial charge < -0.3 is 4.90 Å². The molecule has 2 nitrogen and oxygen atoms in total. The molecule has 0 amide bonds. The fourth-order valence-corrected chi connectivity index (χ4v) is 2.88. The van der Waals surface area contributed by atoms with Gasteiger partial charge in [-0.25, -0.2) is 8.78 Å². The predicted octanol–water partition coefficient (Wildman–Crippen LogP) is 2.54. The van der Waals surface area contributed by atoms with E-state index in [2.05, 4.69) is 6.92 Å². The third-order valence-electron chi connectivity index (χ3n) is 4.13. The van der Waals surface area contributed by atoms with Crippen LogP contribution < -0.4 is 4.90 Å². The van der Waals surface area contributed by atoms with E-state index in [-0.39, 0.29) is 0 Å². The van der Waals surface area contributed by atoms with E-state index in [0.717, 1.165) is 19.0 Å². The Labute approximate surface area is 98.5 Å². The van der Waals surface area contributed by atoms with Gasteiger partial charge in [-0.1, -0.05) is 6.92 Å². The Morgan fingerprint density at radius 1 is 1.24 bits per heavy atom. The summed E-state index contributed by atoms with van der Waals surface area (Å²) in [5.74, 6) is 0.570. The van der Waals surface area contributed by atoms with E-state index >= 15 is 0 Å². The molecule has 0 N–H and O–H groups in total. The van der Waals surface area contributed by atoms with Crippen LogP contribution in [-0.2, 0) is 0 Å². The first-order valence-corrected chi connectivity index (χ1v) is 5.76. The molecule has 17 heavy (non-hydrogen) atoms. The molecule has 3 rings (SSSR count). The highest BCUT2D eigenvalue weighted by molar-refractivity contribution is 5.53. The summed E-state index contributed by atoms with van der Waals surface area (Å²) in [4.78, 5) is 2.00. The largest absolute Gasteiger partial charge is 0.371 e. The van der Waals surface area contributed by atoms with Crippen molar-refractivity contribution >= 4 is 5.69 Å². The third kappa shape index (κ3) is 1.49. The number of fused-ring (bicyclic) bond motifs is 1. The van der Waals surface area contributed by atoms with Gasteiger partial charge in [0.05, 0.1) is 0 Å². The number of piperidine rings is 1. The molecule has 2 fully saturated rings. The maximum Gasteiger partial charge on any atom is 0.146 e. The minimum absolute atomic E-state index is 0.494. The second kappa shape index (κ2) is 3.43. The van der Waals surface area contributed by atoms with Crippen LogP contribution in [-0.4, -0.2) is 13.1 Å². The summed E-state index contributed by atoms with van der Waals surface area (Å²) in [7, 11) is 0. The fraction of sp³-hybridized carbons (Fsp3) is 0.462. The van der Waals surface area contributed by atoms with Crippen molar-refractivity contribution in [3.63, 3.8) is 0 Å². The zero-order valence-corrected chi connectivity index (χ0v) is 9.45. The van der Waals surface area contributed by atoms with Crippen molar-refractivity contribution < 1.29 is 8.78 Å². The molecule has 1 aromatic carbocycles. The standard InChI is InChI=1S/C13H12F2N2/c1-7-10-5-17(6-11(7)10)8-2-12(14)9(4-16)13(15)3-8/h2-3,7,10-11H,5-6H2,1H3. The van der Waals surface area contributed by atoms with Gasteiger partial charge in [0.2, 0.25) is 0 Å². The molecule has 2 unspecified atom stereocenters. The highest BCUT2D eigenvalue weighted by Gasteiger charge is 2.52. The van der Waals surface area contributed by atoms with Crippen LogP contribution in [0.25, 0.3) is 0 Å². The molecule has 1 aliphatic carbocycles. The first-order valence-electron chi connectivity index (χ1n) is 5.76. The Morgan fingerprint density at radius 2 is 1.76 bits per heavy atom. The molecule has 0 aromatic heterocycles. The third-order valence-corrected chi connectivity index (χ3v) is 4.13. The van der Waals surface area contributed by atoms with Crippen LogP contribution in [0, 0.1) is 40.7 Å². The van der Waals surface area contributed by atoms with E-state index in [1.807, 2.05) is 4.90 Å². The second-order valence-electron chi connectivity index (χ2n) is 4.99. The summed E-state index contributed by atoms with van der Waals surface area (Å²) in [6, 6.07) is 4.06. The summed E-state index contributed by atoms with van der Waals surface area (Å²) in [5.41, 5.74) is 0.0601. The van der Waals surface area contributed by atoms with Crippen molar-refractivity contribution in [2.75, 3.05) is 18.0 Å². The highest BCUT2D eigenvalue weighted by Crippen LogP contribution is 2.52. The van der Waals surface area contributed by atoms with Gasteiger partial charge in [0.15, 0.2) is 0 Å². The number of nitrogens with zero attached hydrogens (tertiary/aromatic N) is 2. The molecule has 1 saturated heterocycles. The van der Waals surface area contributed by atoms with Crippen molar-refractivity contribution in [3.05, 3.63) is 29.3 Å². The highest BCUT2D eigenvalue weighted by atomic mass is 19.1. The molecular weight excluding hydrogens is 222 g/mol. The zero-order chi connectivity index (χ0) is 12.2. The van der Waals surface area contributed by atoms with Crippen LogP contribution in [0.1, 0.15) is 12.5 Å². The number of hydrogen-bond acceptors (Lipinski definition) is 2. The van der Waals surface area contributed by atoms with Crippen molar-refractivity contribution in [2.24, 2.45) is 17.8 Å². The van der Waals surface area contributed by atoms with Crippen LogP contribution >= 0.6 is 0 Å². The molecule has 0 radical (unpaired) electrons. The van der Waals surface area contributed by atoms with Gasteiger partial charge in [0, 0.05) is 18.8 Å². The maximum absolute atomic E-state index is 13.5. The summed E-state index contributed by atoms with van der Waals surface area (Å²) < 4.78 is 26.9.